The highest BCUT2D eigenvalue weighted by molar-refractivity contribution is 5.76. The highest BCUT2D eigenvalue weighted by atomic mass is 16.3. The highest BCUT2D eigenvalue weighted by Gasteiger charge is 2.20. The molecule has 0 aromatic heterocycles. The number of aliphatic hydroxyl groups is 3. The molecule has 3 atom stereocenters. The average Bonchev–Trinajstić information content (AvgIpc) is 3.05. The van der Waals surface area contributed by atoms with Crippen LogP contribution >= 0.6 is 0 Å². The van der Waals surface area contributed by atoms with Crippen molar-refractivity contribution in [1.82, 2.24) is 5.32 Å². The van der Waals surface area contributed by atoms with Gasteiger partial charge in [-0.15, -0.1) is 0 Å². The number of nitrogens with one attached hydrogen (secondary N) is 1. The zero-order valence-corrected chi connectivity index (χ0v) is 30.7. The van der Waals surface area contributed by atoms with Crippen molar-refractivity contribution in [2.45, 2.75) is 225 Å². The van der Waals surface area contributed by atoms with E-state index in [0.717, 1.165) is 32.1 Å². The van der Waals surface area contributed by atoms with Crippen LogP contribution < -0.4 is 5.32 Å². The Kier molecular flexibility index (Phi) is 35.7. The van der Waals surface area contributed by atoms with Crippen LogP contribution in [-0.4, -0.2) is 46.1 Å². The molecule has 0 radical (unpaired) electrons. The number of amides is 1. The van der Waals surface area contributed by atoms with Crippen LogP contribution in [0.5, 0.6) is 0 Å². The summed E-state index contributed by atoms with van der Waals surface area (Å²) < 4.78 is 0. The van der Waals surface area contributed by atoms with E-state index in [-0.39, 0.29) is 18.9 Å². The number of carbonyl (C=O) groups is 1. The van der Waals surface area contributed by atoms with Crippen molar-refractivity contribution in [3.05, 3.63) is 24.3 Å². The summed E-state index contributed by atoms with van der Waals surface area (Å²) in [7, 11) is 0. The minimum absolute atomic E-state index is 0.00911. The van der Waals surface area contributed by atoms with Crippen molar-refractivity contribution in [1.29, 1.82) is 0 Å². The van der Waals surface area contributed by atoms with Gasteiger partial charge in [0.2, 0.25) is 5.91 Å². The van der Waals surface area contributed by atoms with Crippen LogP contribution in [0.25, 0.3) is 0 Å². The summed E-state index contributed by atoms with van der Waals surface area (Å²) >= 11 is 0. The Balaban J connectivity index is 3.74. The first-order valence-corrected chi connectivity index (χ1v) is 20.1. The SMILES string of the molecule is CCCCCCCCCCCCCC/C=C/CC/C=C/C(O)C(CO)NC(=O)CC(O)CCCCCCCCCCCCCCC. The molecule has 0 aliphatic carbocycles. The van der Waals surface area contributed by atoms with E-state index in [1.807, 2.05) is 6.08 Å². The van der Waals surface area contributed by atoms with Gasteiger partial charge in [-0.25, -0.2) is 0 Å². The lowest BCUT2D eigenvalue weighted by Crippen LogP contribution is -2.45. The van der Waals surface area contributed by atoms with E-state index in [1.165, 1.54) is 148 Å². The topological polar surface area (TPSA) is 89.8 Å². The molecule has 0 aromatic rings. The van der Waals surface area contributed by atoms with Crippen molar-refractivity contribution in [3.63, 3.8) is 0 Å². The lowest BCUT2D eigenvalue weighted by atomic mass is 10.0. The number of allylic oxidation sites excluding steroid dienone is 3. The average molecular weight is 650 g/mol. The smallest absolute Gasteiger partial charge is 0.222 e. The Morgan fingerprint density at radius 1 is 0.543 bits per heavy atom. The number of rotatable bonds is 36. The molecule has 0 spiro atoms. The van der Waals surface area contributed by atoms with Gasteiger partial charge >= 0.3 is 0 Å². The Morgan fingerprint density at radius 2 is 0.935 bits per heavy atom. The van der Waals surface area contributed by atoms with Crippen LogP contribution in [0.1, 0.15) is 206 Å². The summed E-state index contributed by atoms with van der Waals surface area (Å²) in [4.78, 5) is 12.4. The van der Waals surface area contributed by atoms with Crippen molar-refractivity contribution in [3.8, 4) is 0 Å². The standard InChI is InChI=1S/C41H79NO4/c1-3-5-7-9-11-13-15-17-18-19-20-21-23-25-27-29-31-33-35-40(45)39(37-43)42-41(46)36-38(44)34-32-30-28-26-24-22-16-14-12-10-8-6-4-2/h25,27,33,35,38-40,43-45H,3-24,26,28-32,34,36-37H2,1-2H3,(H,42,46)/b27-25+,35-33+. The molecular weight excluding hydrogens is 570 g/mol. The molecule has 0 aliphatic rings. The third-order valence-corrected chi connectivity index (χ3v) is 9.24. The van der Waals surface area contributed by atoms with Gasteiger partial charge in [0.25, 0.3) is 0 Å². The first kappa shape index (κ1) is 44.8. The summed E-state index contributed by atoms with van der Waals surface area (Å²) in [5.41, 5.74) is 0. The van der Waals surface area contributed by atoms with Gasteiger partial charge in [0.05, 0.1) is 31.3 Å². The van der Waals surface area contributed by atoms with E-state index >= 15 is 0 Å². The van der Waals surface area contributed by atoms with Gasteiger partial charge in [-0.05, 0) is 32.1 Å². The van der Waals surface area contributed by atoms with Gasteiger partial charge in [0, 0.05) is 0 Å². The van der Waals surface area contributed by atoms with E-state index in [4.69, 9.17) is 0 Å². The summed E-state index contributed by atoms with van der Waals surface area (Å²) in [6.45, 7) is 4.19. The van der Waals surface area contributed by atoms with Gasteiger partial charge in [-0.1, -0.05) is 192 Å². The minimum Gasteiger partial charge on any atom is -0.394 e. The van der Waals surface area contributed by atoms with Gasteiger partial charge < -0.3 is 20.6 Å². The fourth-order valence-corrected chi connectivity index (χ4v) is 6.12. The fourth-order valence-electron chi connectivity index (χ4n) is 6.12. The molecule has 1 amide bonds. The van der Waals surface area contributed by atoms with Crippen LogP contribution in [0.15, 0.2) is 24.3 Å². The maximum atomic E-state index is 12.4. The van der Waals surface area contributed by atoms with Gasteiger partial charge in [0.15, 0.2) is 0 Å². The van der Waals surface area contributed by atoms with Crippen molar-refractivity contribution in [2.24, 2.45) is 0 Å². The molecule has 5 heteroatoms. The summed E-state index contributed by atoms with van der Waals surface area (Å²) in [6.07, 6.45) is 43.1. The van der Waals surface area contributed by atoms with Crippen molar-refractivity contribution >= 4 is 5.91 Å². The van der Waals surface area contributed by atoms with Crippen molar-refractivity contribution in [2.75, 3.05) is 6.61 Å². The largest absolute Gasteiger partial charge is 0.394 e. The van der Waals surface area contributed by atoms with E-state index in [2.05, 4.69) is 31.3 Å². The number of unbranched alkanes of at least 4 members (excludes halogenated alkanes) is 25. The van der Waals surface area contributed by atoms with Crippen molar-refractivity contribution < 1.29 is 20.1 Å². The molecule has 0 aliphatic heterocycles. The van der Waals surface area contributed by atoms with Crippen LogP contribution in [0.4, 0.5) is 0 Å². The van der Waals surface area contributed by atoms with Crippen LogP contribution in [0.2, 0.25) is 0 Å². The van der Waals surface area contributed by atoms with E-state index in [1.54, 1.807) is 6.08 Å². The normalized spacial score (nSPS) is 13.9. The third-order valence-electron chi connectivity index (χ3n) is 9.24. The minimum atomic E-state index is -0.947. The second-order valence-electron chi connectivity index (χ2n) is 13.9. The van der Waals surface area contributed by atoms with Crippen LogP contribution in [-0.2, 0) is 4.79 Å². The Bertz CT molecular complexity index is 679. The zero-order chi connectivity index (χ0) is 33.8. The lowest BCUT2D eigenvalue weighted by molar-refractivity contribution is -0.124. The molecule has 272 valence electrons. The molecular formula is C41H79NO4. The molecule has 4 N–H and O–H groups in total. The number of carbonyl (C=O) groups excluding carboxylic acids is 1. The maximum Gasteiger partial charge on any atom is 0.222 e. The molecule has 0 aromatic carbocycles. The van der Waals surface area contributed by atoms with Gasteiger partial charge in [-0.2, -0.15) is 0 Å². The van der Waals surface area contributed by atoms with Gasteiger partial charge in [-0.3, -0.25) is 4.79 Å². The fraction of sp³-hybridized carbons (Fsp3) is 0.878. The summed E-state index contributed by atoms with van der Waals surface area (Å²) in [5.74, 6) is -0.325. The summed E-state index contributed by atoms with van der Waals surface area (Å²) in [6, 6.07) is -0.756. The summed E-state index contributed by atoms with van der Waals surface area (Å²) in [5, 5.41) is 33.1. The molecule has 46 heavy (non-hydrogen) atoms. The molecule has 0 saturated heterocycles. The number of hydrogen-bond acceptors (Lipinski definition) is 4. The second kappa shape index (κ2) is 36.7. The van der Waals surface area contributed by atoms with Crippen LogP contribution in [0.3, 0.4) is 0 Å². The quantitative estimate of drug-likeness (QED) is 0.0401. The molecule has 0 saturated carbocycles. The molecule has 0 heterocycles. The highest BCUT2D eigenvalue weighted by Crippen LogP contribution is 2.15. The number of hydrogen-bond donors (Lipinski definition) is 4. The Morgan fingerprint density at radius 3 is 1.39 bits per heavy atom. The monoisotopic (exact) mass is 650 g/mol. The number of aliphatic hydroxyl groups excluding tert-OH is 3. The van der Waals surface area contributed by atoms with E-state index < -0.39 is 18.2 Å². The van der Waals surface area contributed by atoms with E-state index in [9.17, 15) is 20.1 Å². The zero-order valence-electron chi connectivity index (χ0n) is 30.7. The maximum absolute atomic E-state index is 12.4. The Labute approximate surface area is 286 Å². The van der Waals surface area contributed by atoms with Gasteiger partial charge in [0.1, 0.15) is 0 Å². The third kappa shape index (κ3) is 32.8. The molecule has 0 rings (SSSR count). The lowest BCUT2D eigenvalue weighted by Gasteiger charge is -2.21. The molecule has 0 fully saturated rings. The molecule has 0 bridgehead atoms. The predicted octanol–water partition coefficient (Wildman–Crippen LogP) is 11.0. The van der Waals surface area contributed by atoms with Crippen LogP contribution in [0, 0.1) is 0 Å². The first-order valence-electron chi connectivity index (χ1n) is 20.1. The molecule has 3 unspecified atom stereocenters. The molecule has 5 nitrogen and oxygen atoms in total. The Hall–Kier alpha value is -1.17. The van der Waals surface area contributed by atoms with E-state index in [0.29, 0.717) is 6.42 Å². The predicted molar refractivity (Wildman–Crippen MR) is 199 cm³/mol. The second-order valence-corrected chi connectivity index (χ2v) is 13.9. The first-order chi connectivity index (χ1) is 22.5.